The van der Waals surface area contributed by atoms with Crippen LogP contribution < -0.4 is 14.8 Å². The number of benzene rings is 3. The Balaban J connectivity index is 1.37. The van der Waals surface area contributed by atoms with Crippen LogP contribution in [0.15, 0.2) is 60.7 Å². The molecule has 3 aromatic rings. The van der Waals surface area contributed by atoms with Gasteiger partial charge in [-0.25, -0.2) is 4.79 Å². The third-order valence-electron chi connectivity index (χ3n) is 5.27. The maximum Gasteiger partial charge on any atom is 0.506 e. The molecule has 1 atom stereocenters. The molecule has 34 heavy (non-hydrogen) atoms. The zero-order valence-corrected chi connectivity index (χ0v) is 18.7. The van der Waals surface area contributed by atoms with Crippen LogP contribution in [0.25, 0.3) is 0 Å². The molecule has 0 bridgehead atoms. The standard InChI is InChI=1S/C25H22ClNO7/c26-20-13-19-21(34-25(30)31)10-12-32-22(19)14-23(20)33-18-7-3-16(4-8-18)24(29)27-11-9-15-1-5-17(28)6-2-15/h1-8,13-14,21,28H,9-12H2,(H,27,29)(H,30,31). The van der Waals surface area contributed by atoms with E-state index in [1.165, 1.54) is 0 Å². The Bertz CT molecular complexity index is 1180. The second-order valence-corrected chi connectivity index (χ2v) is 8.04. The fourth-order valence-electron chi connectivity index (χ4n) is 3.57. The Morgan fingerprint density at radius 2 is 1.82 bits per heavy atom. The van der Waals surface area contributed by atoms with Crippen molar-refractivity contribution in [3.63, 3.8) is 0 Å². The van der Waals surface area contributed by atoms with Crippen LogP contribution in [0.2, 0.25) is 5.02 Å². The molecule has 1 aliphatic rings. The second-order valence-electron chi connectivity index (χ2n) is 7.63. The summed E-state index contributed by atoms with van der Waals surface area (Å²) in [6.45, 7) is 0.766. The first-order valence-electron chi connectivity index (χ1n) is 10.6. The van der Waals surface area contributed by atoms with E-state index in [2.05, 4.69) is 5.32 Å². The third-order valence-corrected chi connectivity index (χ3v) is 5.57. The van der Waals surface area contributed by atoms with E-state index in [1.54, 1.807) is 48.5 Å². The third kappa shape index (κ3) is 5.71. The maximum absolute atomic E-state index is 12.4. The van der Waals surface area contributed by atoms with Crippen molar-refractivity contribution in [2.75, 3.05) is 13.2 Å². The number of carboxylic acid groups (broad SMARTS) is 1. The average Bonchev–Trinajstić information content (AvgIpc) is 2.81. The summed E-state index contributed by atoms with van der Waals surface area (Å²) in [5.74, 6) is 1.24. The summed E-state index contributed by atoms with van der Waals surface area (Å²) in [7, 11) is 0. The van der Waals surface area contributed by atoms with E-state index in [0.717, 1.165) is 5.56 Å². The Hall–Kier alpha value is -3.91. The summed E-state index contributed by atoms with van der Waals surface area (Å²) in [5, 5.41) is 21.4. The fourth-order valence-corrected chi connectivity index (χ4v) is 3.78. The van der Waals surface area contributed by atoms with E-state index < -0.39 is 12.3 Å². The molecular formula is C25H22ClNO7. The van der Waals surface area contributed by atoms with Crippen molar-refractivity contribution in [1.82, 2.24) is 5.32 Å². The first kappa shape index (κ1) is 23.3. The van der Waals surface area contributed by atoms with Gasteiger partial charge in [-0.15, -0.1) is 0 Å². The fraction of sp³-hybridized carbons (Fsp3) is 0.200. The molecule has 3 N–H and O–H groups in total. The Morgan fingerprint density at radius 3 is 2.53 bits per heavy atom. The summed E-state index contributed by atoms with van der Waals surface area (Å²) < 4.78 is 16.4. The molecule has 0 aromatic heterocycles. The summed E-state index contributed by atoms with van der Waals surface area (Å²) >= 11 is 6.35. The molecule has 1 heterocycles. The lowest BCUT2D eigenvalue weighted by Crippen LogP contribution is -2.25. The first-order valence-corrected chi connectivity index (χ1v) is 11.0. The van der Waals surface area contributed by atoms with Gasteiger partial charge in [0.1, 0.15) is 29.1 Å². The average molecular weight is 484 g/mol. The van der Waals surface area contributed by atoms with Gasteiger partial charge in [0, 0.05) is 30.2 Å². The van der Waals surface area contributed by atoms with Gasteiger partial charge in [0.25, 0.3) is 5.91 Å². The molecule has 176 valence electrons. The van der Waals surface area contributed by atoms with Crippen LogP contribution in [-0.2, 0) is 11.2 Å². The summed E-state index contributed by atoms with van der Waals surface area (Å²) in [4.78, 5) is 23.3. The minimum atomic E-state index is -1.36. The van der Waals surface area contributed by atoms with Crippen LogP contribution in [0.4, 0.5) is 4.79 Å². The number of carbonyl (C=O) groups is 2. The van der Waals surface area contributed by atoms with E-state index in [-0.39, 0.29) is 16.7 Å². The van der Waals surface area contributed by atoms with E-state index in [1.807, 2.05) is 12.1 Å². The molecule has 1 amide bonds. The number of phenols is 1. The van der Waals surface area contributed by atoms with Crippen molar-refractivity contribution >= 4 is 23.7 Å². The highest BCUT2D eigenvalue weighted by molar-refractivity contribution is 6.32. The van der Waals surface area contributed by atoms with Crippen molar-refractivity contribution in [1.29, 1.82) is 0 Å². The lowest BCUT2D eigenvalue weighted by Gasteiger charge is -2.25. The van der Waals surface area contributed by atoms with Crippen LogP contribution in [0, 0.1) is 0 Å². The zero-order chi connectivity index (χ0) is 24.1. The van der Waals surface area contributed by atoms with E-state index in [4.69, 9.17) is 30.9 Å². The topological polar surface area (TPSA) is 114 Å². The number of hydrogen-bond acceptors (Lipinski definition) is 6. The first-order chi connectivity index (χ1) is 16.4. The highest BCUT2D eigenvalue weighted by atomic mass is 35.5. The molecule has 3 aromatic carbocycles. The second kappa shape index (κ2) is 10.4. The highest BCUT2D eigenvalue weighted by Crippen LogP contribution is 2.42. The number of fused-ring (bicyclic) bond motifs is 1. The molecule has 8 nitrogen and oxygen atoms in total. The van der Waals surface area contributed by atoms with Gasteiger partial charge >= 0.3 is 6.16 Å². The molecule has 9 heteroatoms. The molecule has 0 fully saturated rings. The van der Waals surface area contributed by atoms with E-state index in [9.17, 15) is 14.7 Å². The lowest BCUT2D eigenvalue weighted by molar-refractivity contribution is 0.0326. The molecule has 0 saturated carbocycles. The van der Waals surface area contributed by atoms with Gasteiger partial charge in [0.15, 0.2) is 0 Å². The number of aromatic hydroxyl groups is 1. The minimum absolute atomic E-state index is 0.204. The number of halogens is 1. The van der Waals surface area contributed by atoms with Crippen molar-refractivity contribution in [3.05, 3.63) is 82.4 Å². The molecule has 0 aliphatic carbocycles. The van der Waals surface area contributed by atoms with Gasteiger partial charge in [-0.2, -0.15) is 0 Å². The van der Waals surface area contributed by atoms with Crippen LogP contribution in [0.3, 0.4) is 0 Å². The Kier molecular flexibility index (Phi) is 7.08. The van der Waals surface area contributed by atoms with Crippen molar-refractivity contribution in [3.8, 4) is 23.0 Å². The number of hydrogen-bond donors (Lipinski definition) is 3. The van der Waals surface area contributed by atoms with Gasteiger partial charge in [0.2, 0.25) is 0 Å². The number of amides is 1. The lowest BCUT2D eigenvalue weighted by atomic mass is 10.0. The predicted octanol–water partition coefficient (Wildman–Crippen LogP) is 5.33. The molecule has 0 spiro atoms. The minimum Gasteiger partial charge on any atom is -0.508 e. The van der Waals surface area contributed by atoms with Crippen LogP contribution in [-0.4, -0.2) is 35.4 Å². The van der Waals surface area contributed by atoms with Gasteiger partial charge < -0.3 is 29.7 Å². The van der Waals surface area contributed by atoms with E-state index >= 15 is 0 Å². The number of rotatable bonds is 7. The van der Waals surface area contributed by atoms with E-state index in [0.29, 0.717) is 54.4 Å². The zero-order valence-electron chi connectivity index (χ0n) is 18.0. The van der Waals surface area contributed by atoms with Crippen molar-refractivity contribution < 1.29 is 34.0 Å². The van der Waals surface area contributed by atoms with Crippen LogP contribution >= 0.6 is 11.6 Å². The van der Waals surface area contributed by atoms with Crippen molar-refractivity contribution in [2.45, 2.75) is 18.9 Å². The van der Waals surface area contributed by atoms with Crippen LogP contribution in [0.5, 0.6) is 23.0 Å². The monoisotopic (exact) mass is 483 g/mol. The van der Waals surface area contributed by atoms with Gasteiger partial charge in [-0.05, 0) is 54.4 Å². The van der Waals surface area contributed by atoms with Crippen LogP contribution in [0.1, 0.15) is 34.0 Å². The number of carbonyl (C=O) groups excluding carboxylic acids is 1. The molecule has 0 saturated heterocycles. The van der Waals surface area contributed by atoms with Gasteiger partial charge in [-0.3, -0.25) is 4.79 Å². The maximum atomic E-state index is 12.4. The highest BCUT2D eigenvalue weighted by Gasteiger charge is 2.27. The Morgan fingerprint density at radius 1 is 1.09 bits per heavy atom. The normalized spacial score (nSPS) is 14.4. The molecule has 1 unspecified atom stereocenters. The number of ether oxygens (including phenoxy) is 3. The SMILES string of the molecule is O=C(O)OC1CCOc2cc(Oc3ccc(C(=O)NCCc4ccc(O)cc4)cc3)c(Cl)cc21. The summed E-state index contributed by atoms with van der Waals surface area (Å²) in [6, 6.07) is 16.6. The molecule has 0 radical (unpaired) electrons. The predicted molar refractivity (Wildman–Crippen MR) is 124 cm³/mol. The number of phenolic OH excluding ortho intramolecular Hbond substituents is 1. The quantitative estimate of drug-likeness (QED) is 0.389. The summed E-state index contributed by atoms with van der Waals surface area (Å²) in [6.07, 6.45) is -0.975. The van der Waals surface area contributed by atoms with Crippen molar-refractivity contribution in [2.24, 2.45) is 0 Å². The Labute approximate surface area is 200 Å². The van der Waals surface area contributed by atoms with Gasteiger partial charge in [-0.1, -0.05) is 23.7 Å². The molecule has 4 rings (SSSR count). The molecular weight excluding hydrogens is 462 g/mol. The molecule has 1 aliphatic heterocycles. The number of nitrogens with one attached hydrogen (secondary N) is 1. The van der Waals surface area contributed by atoms with Gasteiger partial charge in [0.05, 0.1) is 11.6 Å². The summed E-state index contributed by atoms with van der Waals surface area (Å²) in [5.41, 5.74) is 2.03. The largest absolute Gasteiger partial charge is 0.508 e. The smallest absolute Gasteiger partial charge is 0.506 e.